The number of carbonyl (C=O) groups is 1. The van der Waals surface area contributed by atoms with Crippen molar-refractivity contribution in [2.45, 2.75) is 26.5 Å². The molecule has 0 saturated heterocycles. The minimum atomic E-state index is -0.270. The average Bonchev–Trinajstić information content (AvgIpc) is 2.37. The Bertz CT molecular complexity index is 420. The molecule has 0 fully saturated rings. The largest absolute Gasteiger partial charge is 0.497 e. The van der Waals surface area contributed by atoms with E-state index in [9.17, 15) is 4.79 Å². The van der Waals surface area contributed by atoms with Crippen LogP contribution >= 0.6 is 0 Å². The number of carbonyl (C=O) groups excluding carboxylic acids is 1. The lowest BCUT2D eigenvalue weighted by molar-refractivity contribution is -0.145. The van der Waals surface area contributed by atoms with E-state index in [0.717, 1.165) is 17.1 Å². The molecular formula is C14H21NO4. The molecule has 19 heavy (non-hydrogen) atoms. The molecule has 106 valence electrons. The summed E-state index contributed by atoms with van der Waals surface area (Å²) in [5, 5.41) is 3.22. The molecule has 0 radical (unpaired) electrons. The van der Waals surface area contributed by atoms with E-state index in [2.05, 4.69) is 5.32 Å². The fourth-order valence-electron chi connectivity index (χ4n) is 1.76. The van der Waals surface area contributed by atoms with Gasteiger partial charge in [-0.05, 0) is 25.1 Å². The van der Waals surface area contributed by atoms with Gasteiger partial charge in [-0.3, -0.25) is 4.79 Å². The van der Waals surface area contributed by atoms with Crippen molar-refractivity contribution < 1.29 is 19.0 Å². The molecule has 1 unspecified atom stereocenters. The second-order valence-corrected chi connectivity index (χ2v) is 4.23. The molecule has 0 heterocycles. The Morgan fingerprint density at radius 3 is 2.63 bits per heavy atom. The summed E-state index contributed by atoms with van der Waals surface area (Å²) in [5.74, 6) is 1.31. The summed E-state index contributed by atoms with van der Waals surface area (Å²) in [4.78, 5) is 10.8. The Balaban J connectivity index is 2.54. The molecule has 0 aliphatic carbocycles. The third-order valence-electron chi connectivity index (χ3n) is 2.60. The quantitative estimate of drug-likeness (QED) is 0.763. The van der Waals surface area contributed by atoms with E-state index in [4.69, 9.17) is 14.2 Å². The molecular weight excluding hydrogens is 246 g/mol. The lowest BCUT2D eigenvalue weighted by atomic mass is 10.2. The molecule has 1 aromatic rings. The summed E-state index contributed by atoms with van der Waals surface area (Å²) in [7, 11) is 3.26. The van der Waals surface area contributed by atoms with Crippen LogP contribution in [0.15, 0.2) is 18.2 Å². The molecule has 0 aliphatic heterocycles. The molecule has 0 aliphatic rings. The zero-order valence-electron chi connectivity index (χ0n) is 11.9. The fourth-order valence-corrected chi connectivity index (χ4v) is 1.76. The predicted molar refractivity (Wildman–Crippen MR) is 72.5 cm³/mol. The van der Waals surface area contributed by atoms with E-state index in [1.807, 2.05) is 25.1 Å². The first-order valence-corrected chi connectivity index (χ1v) is 6.15. The second kappa shape index (κ2) is 7.63. The number of esters is 1. The Labute approximate surface area is 113 Å². The van der Waals surface area contributed by atoms with Crippen molar-refractivity contribution in [2.75, 3.05) is 20.8 Å². The third-order valence-corrected chi connectivity index (χ3v) is 2.60. The lowest BCUT2D eigenvalue weighted by Gasteiger charge is -2.14. The van der Waals surface area contributed by atoms with Crippen LogP contribution in [-0.4, -0.2) is 32.8 Å². The lowest BCUT2D eigenvalue weighted by Crippen LogP contribution is -2.27. The summed E-state index contributed by atoms with van der Waals surface area (Å²) < 4.78 is 15.5. The van der Waals surface area contributed by atoms with Crippen molar-refractivity contribution in [3.05, 3.63) is 23.8 Å². The first-order chi connectivity index (χ1) is 9.06. The highest BCUT2D eigenvalue weighted by Crippen LogP contribution is 2.23. The highest BCUT2D eigenvalue weighted by Gasteiger charge is 2.07. The number of methoxy groups -OCH3 is 2. The van der Waals surface area contributed by atoms with Gasteiger partial charge < -0.3 is 19.5 Å². The van der Waals surface area contributed by atoms with E-state index in [1.54, 1.807) is 14.2 Å². The van der Waals surface area contributed by atoms with Gasteiger partial charge >= 0.3 is 5.97 Å². The molecule has 0 amide bonds. The smallest absolute Gasteiger partial charge is 0.302 e. The molecule has 1 rings (SSSR count). The number of hydrogen-bond acceptors (Lipinski definition) is 5. The van der Waals surface area contributed by atoms with E-state index in [0.29, 0.717) is 13.1 Å². The fraction of sp³-hybridized carbons (Fsp3) is 0.500. The van der Waals surface area contributed by atoms with E-state index in [-0.39, 0.29) is 12.1 Å². The van der Waals surface area contributed by atoms with E-state index in [1.165, 1.54) is 6.92 Å². The minimum Gasteiger partial charge on any atom is -0.497 e. The zero-order valence-corrected chi connectivity index (χ0v) is 11.9. The van der Waals surface area contributed by atoms with Gasteiger partial charge in [0.1, 0.15) is 17.6 Å². The molecule has 0 aromatic heterocycles. The third kappa shape index (κ3) is 5.18. The Hall–Kier alpha value is -1.75. The Morgan fingerprint density at radius 2 is 2.05 bits per heavy atom. The summed E-state index contributed by atoms with van der Waals surface area (Å²) in [5.41, 5.74) is 0.997. The summed E-state index contributed by atoms with van der Waals surface area (Å²) >= 11 is 0. The van der Waals surface area contributed by atoms with Crippen molar-refractivity contribution in [1.82, 2.24) is 5.32 Å². The number of rotatable bonds is 7. The van der Waals surface area contributed by atoms with Crippen LogP contribution in [0.3, 0.4) is 0 Å². The van der Waals surface area contributed by atoms with Gasteiger partial charge in [0.25, 0.3) is 0 Å². The van der Waals surface area contributed by atoms with Crippen molar-refractivity contribution in [3.63, 3.8) is 0 Å². The second-order valence-electron chi connectivity index (χ2n) is 4.23. The van der Waals surface area contributed by atoms with Crippen LogP contribution < -0.4 is 14.8 Å². The Morgan fingerprint density at radius 1 is 1.32 bits per heavy atom. The van der Waals surface area contributed by atoms with Crippen molar-refractivity contribution in [1.29, 1.82) is 0 Å². The van der Waals surface area contributed by atoms with Gasteiger partial charge in [-0.1, -0.05) is 0 Å². The van der Waals surface area contributed by atoms with Crippen LogP contribution in [0, 0.1) is 0 Å². The molecule has 5 heteroatoms. The number of nitrogens with one attached hydrogen (secondary N) is 1. The molecule has 1 N–H and O–H groups in total. The van der Waals surface area contributed by atoms with Gasteiger partial charge in [-0.2, -0.15) is 0 Å². The van der Waals surface area contributed by atoms with Crippen molar-refractivity contribution >= 4 is 5.97 Å². The number of ether oxygens (including phenoxy) is 3. The van der Waals surface area contributed by atoms with Gasteiger partial charge in [0.15, 0.2) is 0 Å². The van der Waals surface area contributed by atoms with Crippen LogP contribution in [0.4, 0.5) is 0 Å². The minimum absolute atomic E-state index is 0.158. The van der Waals surface area contributed by atoms with Gasteiger partial charge in [-0.25, -0.2) is 0 Å². The van der Waals surface area contributed by atoms with Gasteiger partial charge in [0.2, 0.25) is 0 Å². The Kier molecular flexibility index (Phi) is 6.15. The SMILES string of the molecule is COc1ccc(OC)c(CNCC(C)OC(C)=O)c1. The van der Waals surface area contributed by atoms with Crippen molar-refractivity contribution in [2.24, 2.45) is 0 Å². The summed E-state index contributed by atoms with van der Waals surface area (Å²) in [6.07, 6.45) is -0.158. The normalized spacial score (nSPS) is 11.8. The van der Waals surface area contributed by atoms with Crippen LogP contribution in [0.2, 0.25) is 0 Å². The molecule has 0 spiro atoms. The first kappa shape index (κ1) is 15.3. The molecule has 5 nitrogen and oxygen atoms in total. The van der Waals surface area contributed by atoms with Crippen LogP contribution in [0.1, 0.15) is 19.4 Å². The molecule has 0 bridgehead atoms. The monoisotopic (exact) mass is 267 g/mol. The topological polar surface area (TPSA) is 56.8 Å². The average molecular weight is 267 g/mol. The highest BCUT2D eigenvalue weighted by molar-refractivity contribution is 5.66. The van der Waals surface area contributed by atoms with Gasteiger partial charge in [-0.15, -0.1) is 0 Å². The summed E-state index contributed by atoms with van der Waals surface area (Å²) in [6, 6.07) is 5.64. The number of benzene rings is 1. The summed E-state index contributed by atoms with van der Waals surface area (Å²) in [6.45, 7) is 4.45. The van der Waals surface area contributed by atoms with Gasteiger partial charge in [0.05, 0.1) is 14.2 Å². The maximum absolute atomic E-state index is 10.8. The maximum Gasteiger partial charge on any atom is 0.302 e. The van der Waals surface area contributed by atoms with E-state index < -0.39 is 0 Å². The van der Waals surface area contributed by atoms with Crippen LogP contribution in [0.5, 0.6) is 11.5 Å². The molecule has 1 atom stereocenters. The number of hydrogen-bond donors (Lipinski definition) is 1. The standard InChI is InChI=1S/C14H21NO4/c1-10(19-11(2)16)8-15-9-12-7-13(17-3)5-6-14(12)18-4/h5-7,10,15H,8-9H2,1-4H3. The zero-order chi connectivity index (χ0) is 14.3. The maximum atomic E-state index is 10.8. The van der Waals surface area contributed by atoms with Gasteiger partial charge in [0, 0.05) is 25.6 Å². The van der Waals surface area contributed by atoms with Crippen molar-refractivity contribution in [3.8, 4) is 11.5 Å². The van der Waals surface area contributed by atoms with Crippen LogP contribution in [-0.2, 0) is 16.1 Å². The molecule has 0 saturated carbocycles. The predicted octanol–water partition coefficient (Wildman–Crippen LogP) is 1.74. The van der Waals surface area contributed by atoms with E-state index >= 15 is 0 Å². The first-order valence-electron chi connectivity index (χ1n) is 6.15. The highest BCUT2D eigenvalue weighted by atomic mass is 16.5. The van der Waals surface area contributed by atoms with Crippen LogP contribution in [0.25, 0.3) is 0 Å². The molecule has 1 aromatic carbocycles.